The van der Waals surface area contributed by atoms with Crippen molar-refractivity contribution in [3.8, 4) is 11.5 Å². The first kappa shape index (κ1) is 21.5. The second-order valence-electron chi connectivity index (χ2n) is 7.25. The molecule has 0 unspecified atom stereocenters. The van der Waals surface area contributed by atoms with Gasteiger partial charge in [0.25, 0.3) is 5.91 Å². The smallest absolute Gasteiger partial charge is 0.338 e. The summed E-state index contributed by atoms with van der Waals surface area (Å²) in [6, 6.07) is 7.78. The zero-order chi connectivity index (χ0) is 21.7. The number of esters is 1. The molecular weight excluding hydrogens is 396 g/mol. The van der Waals surface area contributed by atoms with Crippen LogP contribution in [0.25, 0.3) is 0 Å². The Kier molecular flexibility index (Phi) is 6.87. The second-order valence-corrected chi connectivity index (χ2v) is 7.25. The van der Waals surface area contributed by atoms with Crippen LogP contribution in [0.2, 0.25) is 0 Å². The van der Waals surface area contributed by atoms with E-state index >= 15 is 0 Å². The van der Waals surface area contributed by atoms with E-state index in [1.54, 1.807) is 6.07 Å². The zero-order valence-electron chi connectivity index (χ0n) is 16.7. The molecule has 0 aromatic heterocycles. The van der Waals surface area contributed by atoms with Gasteiger partial charge in [-0.2, -0.15) is 0 Å². The predicted octanol–water partition coefficient (Wildman–Crippen LogP) is 3.80. The minimum Gasteiger partial charge on any atom is -0.490 e. The maximum atomic E-state index is 13.3. The zero-order valence-corrected chi connectivity index (χ0v) is 16.7. The van der Waals surface area contributed by atoms with Crippen LogP contribution in [-0.4, -0.2) is 31.7 Å². The summed E-state index contributed by atoms with van der Waals surface area (Å²) in [6.07, 6.45) is 0.789. The van der Waals surface area contributed by atoms with E-state index < -0.39 is 30.1 Å². The van der Waals surface area contributed by atoms with Crippen LogP contribution in [0, 0.1) is 17.6 Å². The average Bonchev–Trinajstić information content (AvgIpc) is 2.96. The lowest BCUT2D eigenvalue weighted by molar-refractivity contribution is -0.125. The molecule has 0 spiro atoms. The normalized spacial score (nSPS) is 14.0. The lowest BCUT2D eigenvalue weighted by atomic mass is 9.95. The van der Waals surface area contributed by atoms with Crippen molar-refractivity contribution < 1.29 is 32.6 Å². The van der Waals surface area contributed by atoms with Crippen molar-refractivity contribution in [2.45, 2.75) is 26.3 Å². The van der Waals surface area contributed by atoms with Gasteiger partial charge in [-0.25, -0.2) is 13.6 Å². The van der Waals surface area contributed by atoms with Crippen LogP contribution >= 0.6 is 0 Å². The van der Waals surface area contributed by atoms with Crippen LogP contribution in [0.1, 0.15) is 42.2 Å². The molecule has 0 saturated carbocycles. The fourth-order valence-corrected chi connectivity index (χ4v) is 3.06. The van der Waals surface area contributed by atoms with Crippen LogP contribution in [0.4, 0.5) is 8.78 Å². The molecule has 1 amide bonds. The van der Waals surface area contributed by atoms with Gasteiger partial charge in [0.2, 0.25) is 0 Å². The van der Waals surface area contributed by atoms with E-state index in [4.69, 9.17) is 14.2 Å². The number of nitrogens with one attached hydrogen (secondary N) is 1. The van der Waals surface area contributed by atoms with Crippen LogP contribution in [0.15, 0.2) is 36.4 Å². The number of amides is 1. The molecular formula is C22H23F2NO5. The van der Waals surface area contributed by atoms with Crippen molar-refractivity contribution in [2.24, 2.45) is 5.92 Å². The topological polar surface area (TPSA) is 73.9 Å². The predicted molar refractivity (Wildman–Crippen MR) is 104 cm³/mol. The molecule has 1 aliphatic heterocycles. The Morgan fingerprint density at radius 2 is 1.77 bits per heavy atom. The first-order valence-electron chi connectivity index (χ1n) is 9.66. The lowest BCUT2D eigenvalue weighted by Crippen LogP contribution is -2.35. The molecule has 0 aliphatic carbocycles. The van der Waals surface area contributed by atoms with Crippen LogP contribution < -0.4 is 14.8 Å². The molecule has 2 aromatic carbocycles. The first-order valence-corrected chi connectivity index (χ1v) is 9.66. The summed E-state index contributed by atoms with van der Waals surface area (Å²) < 4.78 is 42.5. The maximum absolute atomic E-state index is 13.3. The number of halogens is 2. The molecule has 0 fully saturated rings. The molecule has 1 N–H and O–H groups in total. The third kappa shape index (κ3) is 5.25. The molecule has 1 heterocycles. The number of carbonyl (C=O) groups is 2. The van der Waals surface area contributed by atoms with Crippen molar-refractivity contribution >= 4 is 11.9 Å². The molecule has 2 aromatic rings. The highest BCUT2D eigenvalue weighted by atomic mass is 19.2. The number of hydrogen-bond acceptors (Lipinski definition) is 5. The fraction of sp³-hybridized carbons (Fsp3) is 0.364. The van der Waals surface area contributed by atoms with Crippen molar-refractivity contribution in [1.82, 2.24) is 5.32 Å². The number of rotatable bonds is 6. The summed E-state index contributed by atoms with van der Waals surface area (Å²) in [4.78, 5) is 24.3. The molecule has 0 saturated heterocycles. The van der Waals surface area contributed by atoms with Gasteiger partial charge in [-0.15, -0.1) is 0 Å². The lowest BCUT2D eigenvalue weighted by Gasteiger charge is -2.23. The Morgan fingerprint density at radius 1 is 1.03 bits per heavy atom. The third-order valence-electron chi connectivity index (χ3n) is 4.60. The SMILES string of the molecule is CC(C)[C@H](NC(=O)COC(=O)c1ccc(F)c(F)c1)c1ccc2c(c1)OCCCO2. The number of benzene rings is 2. The summed E-state index contributed by atoms with van der Waals surface area (Å²) in [5, 5.41) is 2.84. The van der Waals surface area contributed by atoms with Crippen LogP contribution in [0.5, 0.6) is 11.5 Å². The van der Waals surface area contributed by atoms with Crippen molar-refractivity contribution in [2.75, 3.05) is 19.8 Å². The molecule has 6 nitrogen and oxygen atoms in total. The van der Waals surface area contributed by atoms with E-state index in [-0.39, 0.29) is 17.5 Å². The summed E-state index contributed by atoms with van der Waals surface area (Å²) in [7, 11) is 0. The second kappa shape index (κ2) is 9.56. The summed E-state index contributed by atoms with van der Waals surface area (Å²) in [5.74, 6) is -2.35. The summed E-state index contributed by atoms with van der Waals surface area (Å²) >= 11 is 0. The third-order valence-corrected chi connectivity index (χ3v) is 4.60. The minimum absolute atomic E-state index is 0.0422. The first-order chi connectivity index (χ1) is 14.3. The molecule has 160 valence electrons. The number of fused-ring (bicyclic) bond motifs is 1. The number of ether oxygens (including phenoxy) is 3. The Balaban J connectivity index is 1.63. The van der Waals surface area contributed by atoms with Gasteiger partial charge in [0.1, 0.15) is 0 Å². The van der Waals surface area contributed by atoms with Gasteiger partial charge >= 0.3 is 5.97 Å². The largest absolute Gasteiger partial charge is 0.490 e. The molecule has 30 heavy (non-hydrogen) atoms. The van der Waals surface area contributed by atoms with E-state index in [2.05, 4.69) is 5.32 Å². The van der Waals surface area contributed by atoms with E-state index in [0.29, 0.717) is 24.7 Å². The molecule has 1 atom stereocenters. The van der Waals surface area contributed by atoms with E-state index in [9.17, 15) is 18.4 Å². The van der Waals surface area contributed by atoms with E-state index in [1.165, 1.54) is 0 Å². The Hall–Kier alpha value is -3.16. The minimum atomic E-state index is -1.16. The number of carbonyl (C=O) groups excluding carboxylic acids is 2. The van der Waals surface area contributed by atoms with E-state index in [0.717, 1.165) is 30.2 Å². The van der Waals surface area contributed by atoms with Gasteiger partial charge in [-0.05, 0) is 41.8 Å². The highest BCUT2D eigenvalue weighted by Crippen LogP contribution is 2.34. The van der Waals surface area contributed by atoms with Crippen molar-refractivity contribution in [1.29, 1.82) is 0 Å². The van der Waals surface area contributed by atoms with E-state index in [1.807, 2.05) is 26.0 Å². The Bertz CT molecular complexity index is 932. The number of hydrogen-bond donors (Lipinski definition) is 1. The highest BCUT2D eigenvalue weighted by molar-refractivity contribution is 5.91. The van der Waals surface area contributed by atoms with Crippen molar-refractivity contribution in [3.05, 3.63) is 59.2 Å². The van der Waals surface area contributed by atoms with Crippen LogP contribution in [0.3, 0.4) is 0 Å². The van der Waals surface area contributed by atoms with Gasteiger partial charge in [-0.3, -0.25) is 4.79 Å². The van der Waals surface area contributed by atoms with Gasteiger partial charge in [0, 0.05) is 6.42 Å². The Labute approximate surface area is 173 Å². The molecule has 0 radical (unpaired) electrons. The van der Waals surface area contributed by atoms with Crippen LogP contribution in [-0.2, 0) is 9.53 Å². The highest BCUT2D eigenvalue weighted by Gasteiger charge is 2.22. The average molecular weight is 419 g/mol. The standard InChI is InChI=1S/C22H23F2NO5/c1-13(2)21(14-5-7-18-19(11-14)29-9-3-8-28-18)25-20(26)12-30-22(27)15-4-6-16(23)17(24)10-15/h4-7,10-11,13,21H,3,8-9,12H2,1-2H3,(H,25,26)/t21-/m0/s1. The molecule has 8 heteroatoms. The molecule has 0 bridgehead atoms. The van der Waals surface area contributed by atoms with Gasteiger partial charge in [0.15, 0.2) is 29.7 Å². The maximum Gasteiger partial charge on any atom is 0.338 e. The summed E-state index contributed by atoms with van der Waals surface area (Å²) in [6.45, 7) is 4.48. The van der Waals surface area contributed by atoms with Gasteiger partial charge < -0.3 is 19.5 Å². The van der Waals surface area contributed by atoms with Gasteiger partial charge in [-0.1, -0.05) is 19.9 Å². The Morgan fingerprint density at radius 3 is 2.47 bits per heavy atom. The monoisotopic (exact) mass is 419 g/mol. The molecule has 3 rings (SSSR count). The summed E-state index contributed by atoms with van der Waals surface area (Å²) in [5.41, 5.74) is 0.652. The quantitative estimate of drug-likeness (QED) is 0.721. The molecule has 1 aliphatic rings. The van der Waals surface area contributed by atoms with Gasteiger partial charge in [0.05, 0.1) is 24.8 Å². The van der Waals surface area contributed by atoms with Crippen molar-refractivity contribution in [3.63, 3.8) is 0 Å². The fourth-order valence-electron chi connectivity index (χ4n) is 3.06.